The van der Waals surface area contributed by atoms with Gasteiger partial charge in [-0.2, -0.15) is 0 Å². The van der Waals surface area contributed by atoms with Gasteiger partial charge in [-0.05, 0) is 12.1 Å². The van der Waals surface area contributed by atoms with Crippen LogP contribution in [0.15, 0.2) is 18.2 Å². The fraction of sp³-hybridized carbons (Fsp3) is 0.273. The van der Waals surface area contributed by atoms with Crippen LogP contribution in [0.5, 0.6) is 5.75 Å². The maximum Gasteiger partial charge on any atom is 0.341 e. The van der Waals surface area contributed by atoms with Crippen molar-refractivity contribution in [3.05, 3.63) is 23.8 Å². The largest absolute Gasteiger partial charge is 0.483 e. The average Bonchev–Trinajstić information content (AvgIpc) is 2.24. The molecule has 0 saturated carbocycles. The fourth-order valence-corrected chi connectivity index (χ4v) is 1.17. The molecular weight excluding hydrogens is 224 g/mol. The number of carboxylic acids is 1. The van der Waals surface area contributed by atoms with Crippen LogP contribution in [-0.4, -0.2) is 42.6 Å². The van der Waals surface area contributed by atoms with Crippen molar-refractivity contribution in [2.45, 2.75) is 0 Å². The van der Waals surface area contributed by atoms with E-state index in [4.69, 9.17) is 15.6 Å². The molecule has 0 aromatic heterocycles. The predicted octanol–water partition coefficient (Wildman–Crippen LogP) is 0.434. The highest BCUT2D eigenvalue weighted by Gasteiger charge is 2.16. The number of carbonyl (C=O) groups is 2. The summed E-state index contributed by atoms with van der Waals surface area (Å²) in [6.45, 7) is -0.225. The quantitative estimate of drug-likeness (QED) is 0.742. The van der Waals surface area contributed by atoms with Crippen LogP contribution in [0.3, 0.4) is 0 Å². The van der Waals surface area contributed by atoms with E-state index in [0.717, 1.165) is 0 Å². The molecule has 0 heterocycles. The Hall–Kier alpha value is -2.24. The highest BCUT2D eigenvalue weighted by atomic mass is 16.5. The summed E-state index contributed by atoms with van der Waals surface area (Å²) in [4.78, 5) is 23.6. The molecule has 0 aliphatic carbocycles. The standard InChI is InChI=1S/C11H14N2O4/c1-13(2)9(14)6-17-8-5-3-4-7(12)10(8)11(15)16/h3-5H,6,12H2,1-2H3,(H,15,16). The predicted molar refractivity (Wildman–Crippen MR) is 62.0 cm³/mol. The fourth-order valence-electron chi connectivity index (χ4n) is 1.17. The molecule has 1 aromatic rings. The zero-order valence-corrected chi connectivity index (χ0v) is 9.64. The van der Waals surface area contributed by atoms with Gasteiger partial charge in [-0.25, -0.2) is 4.79 Å². The molecule has 6 heteroatoms. The highest BCUT2D eigenvalue weighted by Crippen LogP contribution is 2.24. The summed E-state index contributed by atoms with van der Waals surface area (Å²) in [5.41, 5.74) is 5.51. The van der Waals surface area contributed by atoms with E-state index in [0.29, 0.717) is 0 Å². The zero-order chi connectivity index (χ0) is 13.0. The van der Waals surface area contributed by atoms with Crippen molar-refractivity contribution >= 4 is 17.6 Å². The van der Waals surface area contributed by atoms with Gasteiger partial charge in [-0.1, -0.05) is 6.07 Å². The number of likely N-dealkylation sites (N-methyl/N-ethyl adjacent to an activating group) is 1. The van der Waals surface area contributed by atoms with Crippen LogP contribution in [-0.2, 0) is 4.79 Å². The van der Waals surface area contributed by atoms with Crippen molar-refractivity contribution in [2.75, 3.05) is 26.4 Å². The van der Waals surface area contributed by atoms with Crippen LogP contribution in [0.4, 0.5) is 5.69 Å². The van der Waals surface area contributed by atoms with Crippen molar-refractivity contribution in [3.63, 3.8) is 0 Å². The average molecular weight is 238 g/mol. The number of anilines is 1. The number of ether oxygens (including phenoxy) is 1. The van der Waals surface area contributed by atoms with Crippen LogP contribution in [0, 0.1) is 0 Å². The number of nitrogens with zero attached hydrogens (tertiary/aromatic N) is 1. The van der Waals surface area contributed by atoms with Gasteiger partial charge >= 0.3 is 5.97 Å². The van der Waals surface area contributed by atoms with Gasteiger partial charge in [0.1, 0.15) is 11.3 Å². The smallest absolute Gasteiger partial charge is 0.341 e. The van der Waals surface area contributed by atoms with Crippen molar-refractivity contribution in [2.24, 2.45) is 0 Å². The van der Waals surface area contributed by atoms with Gasteiger partial charge in [0.2, 0.25) is 0 Å². The van der Waals surface area contributed by atoms with Gasteiger partial charge in [0.25, 0.3) is 5.91 Å². The number of carbonyl (C=O) groups excluding carboxylic acids is 1. The van der Waals surface area contributed by atoms with Crippen LogP contribution in [0.1, 0.15) is 10.4 Å². The molecule has 0 aliphatic rings. The highest BCUT2D eigenvalue weighted by molar-refractivity contribution is 5.96. The van der Waals surface area contributed by atoms with Crippen molar-refractivity contribution in [1.29, 1.82) is 0 Å². The normalized spacial score (nSPS) is 9.76. The van der Waals surface area contributed by atoms with E-state index >= 15 is 0 Å². The van der Waals surface area contributed by atoms with Gasteiger partial charge in [0, 0.05) is 19.8 Å². The van der Waals surface area contributed by atoms with Gasteiger partial charge in [0.05, 0.1) is 0 Å². The second-order valence-electron chi connectivity index (χ2n) is 3.60. The van der Waals surface area contributed by atoms with Crippen LogP contribution in [0.25, 0.3) is 0 Å². The molecule has 3 N–H and O–H groups in total. The third kappa shape index (κ3) is 3.10. The van der Waals surface area contributed by atoms with Gasteiger partial charge in [-0.3, -0.25) is 4.79 Å². The Bertz CT molecular complexity index is 443. The molecule has 0 aliphatic heterocycles. The Balaban J connectivity index is 2.88. The lowest BCUT2D eigenvalue weighted by Crippen LogP contribution is -2.27. The Morgan fingerprint density at radius 3 is 2.59 bits per heavy atom. The minimum Gasteiger partial charge on any atom is -0.483 e. The first-order valence-electron chi connectivity index (χ1n) is 4.88. The molecule has 1 rings (SSSR count). The number of nitrogens with two attached hydrogens (primary N) is 1. The monoisotopic (exact) mass is 238 g/mol. The van der Waals surface area contributed by atoms with Crippen molar-refractivity contribution in [3.8, 4) is 5.75 Å². The molecular formula is C11H14N2O4. The van der Waals surface area contributed by atoms with Crippen LogP contribution < -0.4 is 10.5 Å². The SMILES string of the molecule is CN(C)C(=O)COc1cccc(N)c1C(=O)O. The van der Waals surface area contributed by atoms with E-state index in [1.807, 2.05) is 0 Å². The molecule has 1 amide bonds. The lowest BCUT2D eigenvalue weighted by atomic mass is 10.1. The zero-order valence-electron chi connectivity index (χ0n) is 9.64. The molecule has 0 saturated heterocycles. The maximum atomic E-state index is 11.3. The van der Waals surface area contributed by atoms with E-state index in [2.05, 4.69) is 0 Å². The summed E-state index contributed by atoms with van der Waals surface area (Å²) in [6, 6.07) is 4.49. The summed E-state index contributed by atoms with van der Waals surface area (Å²) in [5, 5.41) is 8.97. The van der Waals surface area contributed by atoms with Gasteiger partial charge in [0.15, 0.2) is 6.61 Å². The molecule has 0 unspecified atom stereocenters. The van der Waals surface area contributed by atoms with Gasteiger partial charge in [-0.15, -0.1) is 0 Å². The number of benzene rings is 1. The van der Waals surface area contributed by atoms with Crippen LogP contribution >= 0.6 is 0 Å². The number of aromatic carboxylic acids is 1. The van der Waals surface area contributed by atoms with Crippen LogP contribution in [0.2, 0.25) is 0 Å². The van der Waals surface area contributed by atoms with Gasteiger partial charge < -0.3 is 20.5 Å². The second kappa shape index (κ2) is 5.20. The lowest BCUT2D eigenvalue weighted by Gasteiger charge is -2.13. The minimum absolute atomic E-state index is 0.0905. The van der Waals surface area contributed by atoms with Crippen molar-refractivity contribution in [1.82, 2.24) is 4.90 Å². The summed E-state index contributed by atoms with van der Waals surface area (Å²) >= 11 is 0. The molecule has 17 heavy (non-hydrogen) atoms. The Morgan fingerprint density at radius 2 is 2.06 bits per heavy atom. The van der Waals surface area contributed by atoms with Crippen molar-refractivity contribution < 1.29 is 19.4 Å². The second-order valence-corrected chi connectivity index (χ2v) is 3.60. The first-order valence-corrected chi connectivity index (χ1v) is 4.88. The van der Waals surface area contributed by atoms with E-state index in [-0.39, 0.29) is 29.5 Å². The number of hydrogen-bond acceptors (Lipinski definition) is 4. The summed E-state index contributed by atoms with van der Waals surface area (Å²) in [6.07, 6.45) is 0. The number of rotatable bonds is 4. The topological polar surface area (TPSA) is 92.9 Å². The minimum atomic E-state index is -1.18. The van der Waals surface area contributed by atoms with E-state index < -0.39 is 5.97 Å². The number of amides is 1. The third-order valence-corrected chi connectivity index (χ3v) is 2.12. The first kappa shape index (κ1) is 12.8. The Morgan fingerprint density at radius 1 is 1.41 bits per heavy atom. The molecule has 0 spiro atoms. The Labute approximate surface area is 98.6 Å². The molecule has 92 valence electrons. The molecule has 0 fully saturated rings. The number of carboxylic acid groups (broad SMARTS) is 1. The summed E-state index contributed by atoms with van der Waals surface area (Å²) < 4.78 is 5.15. The maximum absolute atomic E-state index is 11.3. The summed E-state index contributed by atoms with van der Waals surface area (Å²) in [7, 11) is 3.17. The molecule has 0 radical (unpaired) electrons. The van der Waals surface area contributed by atoms with E-state index in [1.54, 1.807) is 20.2 Å². The number of nitrogen functional groups attached to an aromatic ring is 1. The first-order chi connectivity index (χ1) is 7.93. The molecule has 0 atom stereocenters. The molecule has 0 bridgehead atoms. The summed E-state index contributed by atoms with van der Waals surface area (Å²) in [5.74, 6) is -1.35. The Kier molecular flexibility index (Phi) is 3.92. The lowest BCUT2D eigenvalue weighted by molar-refractivity contribution is -0.130. The molecule has 1 aromatic carbocycles. The third-order valence-electron chi connectivity index (χ3n) is 2.12. The molecule has 6 nitrogen and oxygen atoms in total. The number of hydrogen-bond donors (Lipinski definition) is 2. The van der Waals surface area contributed by atoms with E-state index in [1.165, 1.54) is 17.0 Å². The van der Waals surface area contributed by atoms with E-state index in [9.17, 15) is 9.59 Å².